The minimum atomic E-state index is -4.44. The van der Waals surface area contributed by atoms with Crippen molar-refractivity contribution < 1.29 is 17.2 Å². The van der Waals surface area contributed by atoms with E-state index in [0.29, 0.717) is 24.9 Å². The van der Waals surface area contributed by atoms with Crippen molar-refractivity contribution in [3.63, 3.8) is 0 Å². The first-order valence-electron chi connectivity index (χ1n) is 6.00. The van der Waals surface area contributed by atoms with Crippen LogP contribution in [0.5, 0.6) is 0 Å². The lowest BCUT2D eigenvalue weighted by atomic mass is 10.00. The van der Waals surface area contributed by atoms with Crippen molar-refractivity contribution in [1.29, 1.82) is 0 Å². The van der Waals surface area contributed by atoms with Crippen molar-refractivity contribution in [3.8, 4) is 0 Å². The maximum Gasteiger partial charge on any atom is 0.350 e. The number of halogens is 2. The van der Waals surface area contributed by atoms with E-state index >= 15 is 0 Å². The maximum atomic E-state index is 12.6. The van der Waals surface area contributed by atoms with E-state index < -0.39 is 15.8 Å². The molecule has 0 aromatic heterocycles. The molecule has 2 rings (SSSR count). The fraction of sp³-hybridized carbons (Fsp3) is 1.00. The van der Waals surface area contributed by atoms with Crippen molar-refractivity contribution in [2.24, 2.45) is 0 Å². The Morgan fingerprint density at radius 3 is 2.24 bits per heavy atom. The van der Waals surface area contributed by atoms with Crippen molar-refractivity contribution in [2.45, 2.75) is 56.5 Å². The number of sulfonamides is 1. The van der Waals surface area contributed by atoms with Gasteiger partial charge in [0.05, 0.1) is 0 Å². The minimum Gasteiger partial charge on any atom is -0.311 e. The predicted molar refractivity (Wildman–Crippen MR) is 60.3 cm³/mol. The molecule has 2 aliphatic heterocycles. The molecule has 4 nitrogen and oxygen atoms in total. The van der Waals surface area contributed by atoms with Crippen LogP contribution < -0.4 is 5.32 Å². The summed E-state index contributed by atoms with van der Waals surface area (Å²) >= 11 is 0. The number of piperidine rings is 1. The molecule has 2 unspecified atom stereocenters. The molecule has 0 aromatic rings. The largest absolute Gasteiger partial charge is 0.350 e. The van der Waals surface area contributed by atoms with Gasteiger partial charge < -0.3 is 5.32 Å². The maximum absolute atomic E-state index is 12.6. The van der Waals surface area contributed by atoms with Crippen molar-refractivity contribution >= 4 is 10.0 Å². The molecule has 2 aliphatic rings. The molecule has 0 amide bonds. The van der Waals surface area contributed by atoms with E-state index in [9.17, 15) is 17.2 Å². The first-order chi connectivity index (χ1) is 7.95. The highest BCUT2D eigenvalue weighted by molar-refractivity contribution is 7.89. The van der Waals surface area contributed by atoms with Gasteiger partial charge in [-0.05, 0) is 25.7 Å². The molecule has 2 fully saturated rings. The molecule has 2 atom stereocenters. The molecule has 0 radical (unpaired) electrons. The summed E-state index contributed by atoms with van der Waals surface area (Å²) in [5.74, 6) is -3.31. The number of nitrogens with one attached hydrogen (secondary N) is 1. The minimum absolute atomic E-state index is 0.122. The lowest BCUT2D eigenvalue weighted by molar-refractivity contribution is 0.188. The topological polar surface area (TPSA) is 49.4 Å². The normalized spacial score (nSPS) is 33.6. The Labute approximate surface area is 100 Å². The predicted octanol–water partition coefficient (Wildman–Crippen LogP) is 1.14. The molecule has 0 aliphatic carbocycles. The van der Waals surface area contributed by atoms with E-state index in [0.717, 1.165) is 17.1 Å². The van der Waals surface area contributed by atoms with E-state index in [1.54, 1.807) is 6.92 Å². The zero-order valence-electron chi connectivity index (χ0n) is 9.77. The van der Waals surface area contributed by atoms with Crippen LogP contribution in [0.4, 0.5) is 8.78 Å². The van der Waals surface area contributed by atoms with Gasteiger partial charge in [0, 0.05) is 24.7 Å². The Hall–Kier alpha value is -0.270. The highest BCUT2D eigenvalue weighted by Gasteiger charge is 2.42. The molecule has 1 N–H and O–H groups in total. The Balaban J connectivity index is 2.14. The number of fused-ring (bicyclic) bond motifs is 2. The van der Waals surface area contributed by atoms with Crippen LogP contribution in [-0.4, -0.2) is 43.2 Å². The van der Waals surface area contributed by atoms with E-state index in [-0.39, 0.29) is 12.6 Å². The first-order valence-corrected chi connectivity index (χ1v) is 7.50. The first kappa shape index (κ1) is 13.2. The third-order valence-corrected chi connectivity index (χ3v) is 5.38. The Morgan fingerprint density at radius 1 is 1.29 bits per heavy atom. The van der Waals surface area contributed by atoms with Crippen LogP contribution in [0.25, 0.3) is 0 Å². The van der Waals surface area contributed by atoms with Gasteiger partial charge in [0.2, 0.25) is 0 Å². The number of nitrogens with zero attached hydrogens (tertiary/aromatic N) is 1. The molecule has 2 heterocycles. The van der Waals surface area contributed by atoms with Gasteiger partial charge in [-0.15, -0.1) is 0 Å². The monoisotopic (exact) mass is 268 g/mol. The second-order valence-electron chi connectivity index (χ2n) is 4.77. The van der Waals surface area contributed by atoms with Gasteiger partial charge in [0.1, 0.15) is 0 Å². The molecule has 0 aromatic carbocycles. The second kappa shape index (κ2) is 4.78. The average Bonchev–Trinajstić information content (AvgIpc) is 2.58. The van der Waals surface area contributed by atoms with E-state index in [4.69, 9.17) is 0 Å². The van der Waals surface area contributed by atoms with Gasteiger partial charge in [-0.2, -0.15) is 13.1 Å². The quantitative estimate of drug-likeness (QED) is 0.832. The third-order valence-electron chi connectivity index (χ3n) is 3.72. The zero-order chi connectivity index (χ0) is 12.6. The summed E-state index contributed by atoms with van der Waals surface area (Å²) in [4.78, 5) is 0. The van der Waals surface area contributed by atoms with E-state index in [1.165, 1.54) is 0 Å². The molecule has 2 bridgehead atoms. The number of alkyl halides is 2. The Kier molecular flexibility index (Phi) is 3.70. The standard InChI is InChI=1S/C10H18F2N2O2S/c1-2-14(17(15,16)10(11)12)9-5-7-3-4-8(6-9)13-7/h7-10,13H,2-6H2,1H3. The lowest BCUT2D eigenvalue weighted by Crippen LogP contribution is -2.51. The molecule has 100 valence electrons. The molecule has 0 spiro atoms. The highest BCUT2D eigenvalue weighted by atomic mass is 32.2. The Morgan fingerprint density at radius 2 is 1.82 bits per heavy atom. The third kappa shape index (κ3) is 2.46. The van der Waals surface area contributed by atoms with Gasteiger partial charge in [0.25, 0.3) is 10.0 Å². The summed E-state index contributed by atoms with van der Waals surface area (Å²) in [6.07, 6.45) is 3.34. The van der Waals surface area contributed by atoms with E-state index in [2.05, 4.69) is 5.32 Å². The summed E-state index contributed by atoms with van der Waals surface area (Å²) in [6, 6.07) is 0.319. The smallest absolute Gasteiger partial charge is 0.311 e. The van der Waals surface area contributed by atoms with Crippen LogP contribution in [0.15, 0.2) is 0 Å². The lowest BCUT2D eigenvalue weighted by Gasteiger charge is -2.36. The fourth-order valence-corrected chi connectivity index (χ4v) is 4.16. The summed E-state index contributed by atoms with van der Waals surface area (Å²) in [6.45, 7) is 1.74. The summed E-state index contributed by atoms with van der Waals surface area (Å²) < 4.78 is 49.2. The van der Waals surface area contributed by atoms with Gasteiger partial charge in [-0.25, -0.2) is 8.42 Å². The highest BCUT2D eigenvalue weighted by Crippen LogP contribution is 2.31. The molecule has 17 heavy (non-hydrogen) atoms. The molecular weight excluding hydrogens is 250 g/mol. The molecule has 0 saturated carbocycles. The summed E-state index contributed by atoms with van der Waals surface area (Å²) in [7, 11) is -4.44. The molecular formula is C10H18F2N2O2S. The Bertz CT molecular complexity index is 363. The number of hydrogen-bond acceptors (Lipinski definition) is 3. The number of hydrogen-bond donors (Lipinski definition) is 1. The molecule has 2 saturated heterocycles. The van der Waals surface area contributed by atoms with Crippen LogP contribution in [-0.2, 0) is 10.0 Å². The van der Waals surface area contributed by atoms with Crippen molar-refractivity contribution in [1.82, 2.24) is 9.62 Å². The van der Waals surface area contributed by atoms with Crippen LogP contribution in [0.2, 0.25) is 0 Å². The summed E-state index contributed by atoms with van der Waals surface area (Å²) in [5, 5.41) is 3.37. The van der Waals surface area contributed by atoms with Gasteiger partial charge in [-0.3, -0.25) is 0 Å². The zero-order valence-corrected chi connectivity index (χ0v) is 10.6. The SMILES string of the molecule is CCN(C1CC2CCC(C1)N2)S(=O)(=O)C(F)F. The van der Waals surface area contributed by atoms with Crippen molar-refractivity contribution in [3.05, 3.63) is 0 Å². The van der Waals surface area contributed by atoms with Crippen molar-refractivity contribution in [2.75, 3.05) is 6.54 Å². The number of rotatable bonds is 4. The second-order valence-corrected chi connectivity index (χ2v) is 6.63. The average molecular weight is 268 g/mol. The van der Waals surface area contributed by atoms with Gasteiger partial charge in [-0.1, -0.05) is 6.92 Å². The van der Waals surface area contributed by atoms with Crippen LogP contribution >= 0.6 is 0 Å². The van der Waals surface area contributed by atoms with Crippen LogP contribution in [0, 0.1) is 0 Å². The molecule has 7 heteroatoms. The van der Waals surface area contributed by atoms with Crippen LogP contribution in [0.3, 0.4) is 0 Å². The van der Waals surface area contributed by atoms with Gasteiger partial charge >= 0.3 is 5.76 Å². The van der Waals surface area contributed by atoms with Gasteiger partial charge in [0.15, 0.2) is 0 Å². The van der Waals surface area contributed by atoms with Crippen LogP contribution in [0.1, 0.15) is 32.6 Å². The fourth-order valence-electron chi connectivity index (χ4n) is 3.01. The summed E-state index contributed by atoms with van der Waals surface area (Å²) in [5.41, 5.74) is 0. The van der Waals surface area contributed by atoms with E-state index in [1.807, 2.05) is 0 Å².